The molecule has 32 heavy (non-hydrogen) atoms. The molecule has 1 fully saturated rings. The van der Waals surface area contributed by atoms with Crippen LogP contribution in [0.15, 0.2) is 84.9 Å². The minimum atomic E-state index is -0.0514. The number of carbonyl (C=O) groups excluding carboxylic acids is 2. The maximum Gasteiger partial charge on any atom is 0.253 e. The van der Waals surface area contributed by atoms with Gasteiger partial charge in [0.1, 0.15) is 0 Å². The van der Waals surface area contributed by atoms with Crippen LogP contribution in [0.3, 0.4) is 0 Å². The molecule has 3 aromatic carbocycles. The Bertz CT molecular complexity index is 983. The Labute approximate surface area is 190 Å². The Morgan fingerprint density at radius 1 is 0.781 bits per heavy atom. The topological polar surface area (TPSA) is 40.6 Å². The summed E-state index contributed by atoms with van der Waals surface area (Å²) in [6, 6.07) is 28.0. The fourth-order valence-corrected chi connectivity index (χ4v) is 4.29. The summed E-state index contributed by atoms with van der Waals surface area (Å²) >= 11 is 0. The molecule has 0 bridgehead atoms. The van der Waals surface area contributed by atoms with Crippen molar-refractivity contribution in [1.82, 2.24) is 9.80 Å². The van der Waals surface area contributed by atoms with E-state index in [1.807, 2.05) is 77.4 Å². The van der Waals surface area contributed by atoms with E-state index < -0.39 is 0 Å². The number of nitrogens with zero attached hydrogens (tertiary/aromatic N) is 2. The van der Waals surface area contributed by atoms with Gasteiger partial charge < -0.3 is 9.80 Å². The zero-order valence-electron chi connectivity index (χ0n) is 18.6. The molecular formula is C28H30N2O2. The zero-order valence-corrected chi connectivity index (χ0v) is 18.6. The normalized spacial score (nSPS) is 14.2. The molecule has 1 saturated heterocycles. The van der Waals surface area contributed by atoms with Crippen molar-refractivity contribution in [2.45, 2.75) is 32.9 Å². The van der Waals surface area contributed by atoms with Gasteiger partial charge in [0.05, 0.1) is 0 Å². The highest BCUT2D eigenvalue weighted by Gasteiger charge is 2.30. The quantitative estimate of drug-likeness (QED) is 0.552. The van der Waals surface area contributed by atoms with Crippen molar-refractivity contribution < 1.29 is 9.59 Å². The Morgan fingerprint density at radius 2 is 1.28 bits per heavy atom. The standard InChI is InChI=1S/C28H30N2O2/c1-22-12-14-25(15-13-22)27(31)29-18-16-26(17-19-29)28(32)30(20-23-8-4-2-5-9-23)21-24-10-6-3-7-11-24/h2-15,26H,16-21H2,1H3. The summed E-state index contributed by atoms with van der Waals surface area (Å²) in [5, 5.41) is 0. The first-order valence-electron chi connectivity index (χ1n) is 11.3. The van der Waals surface area contributed by atoms with Gasteiger partial charge in [-0.15, -0.1) is 0 Å². The third kappa shape index (κ3) is 5.44. The number of benzene rings is 3. The predicted octanol–water partition coefficient (Wildman–Crippen LogP) is 5.08. The molecule has 4 rings (SSSR count). The second-order valence-corrected chi connectivity index (χ2v) is 8.60. The summed E-state index contributed by atoms with van der Waals surface area (Å²) in [6.07, 6.45) is 1.41. The highest BCUT2D eigenvalue weighted by molar-refractivity contribution is 5.94. The molecule has 0 aromatic heterocycles. The molecule has 1 aliphatic rings. The molecule has 0 aliphatic carbocycles. The molecule has 0 spiro atoms. The second-order valence-electron chi connectivity index (χ2n) is 8.60. The lowest BCUT2D eigenvalue weighted by Gasteiger charge is -2.34. The summed E-state index contributed by atoms with van der Waals surface area (Å²) in [7, 11) is 0. The first-order chi connectivity index (χ1) is 15.6. The van der Waals surface area contributed by atoms with Crippen LogP contribution in [0.5, 0.6) is 0 Å². The highest BCUT2D eigenvalue weighted by Crippen LogP contribution is 2.23. The maximum atomic E-state index is 13.5. The summed E-state index contributed by atoms with van der Waals surface area (Å²) in [5.41, 5.74) is 4.12. The first-order valence-corrected chi connectivity index (χ1v) is 11.3. The van der Waals surface area contributed by atoms with Gasteiger partial charge in [-0.25, -0.2) is 0 Å². The van der Waals surface area contributed by atoms with Gasteiger partial charge in [-0.2, -0.15) is 0 Å². The van der Waals surface area contributed by atoms with Gasteiger partial charge >= 0.3 is 0 Å². The number of hydrogen-bond donors (Lipinski definition) is 0. The summed E-state index contributed by atoms with van der Waals surface area (Å²) in [4.78, 5) is 30.2. The molecule has 1 aliphatic heterocycles. The summed E-state index contributed by atoms with van der Waals surface area (Å²) < 4.78 is 0. The van der Waals surface area contributed by atoms with Crippen molar-refractivity contribution in [2.24, 2.45) is 5.92 Å². The van der Waals surface area contributed by atoms with Crippen LogP contribution < -0.4 is 0 Å². The van der Waals surface area contributed by atoms with Crippen LogP contribution in [0.25, 0.3) is 0 Å². The van der Waals surface area contributed by atoms with Gasteiger partial charge in [0.2, 0.25) is 5.91 Å². The molecule has 2 amide bonds. The average molecular weight is 427 g/mol. The van der Waals surface area contributed by atoms with Crippen LogP contribution in [-0.4, -0.2) is 34.7 Å². The molecule has 0 unspecified atom stereocenters. The molecule has 0 radical (unpaired) electrons. The molecule has 4 heteroatoms. The van der Waals surface area contributed by atoms with Crippen LogP contribution in [-0.2, 0) is 17.9 Å². The fraction of sp³-hybridized carbons (Fsp3) is 0.286. The van der Waals surface area contributed by atoms with Crippen LogP contribution in [0.2, 0.25) is 0 Å². The van der Waals surface area contributed by atoms with Crippen LogP contribution in [0.4, 0.5) is 0 Å². The highest BCUT2D eigenvalue weighted by atomic mass is 16.2. The van der Waals surface area contributed by atoms with E-state index in [4.69, 9.17) is 0 Å². The molecule has 164 valence electrons. The number of likely N-dealkylation sites (tertiary alicyclic amines) is 1. The van der Waals surface area contributed by atoms with Gasteiger partial charge in [0, 0.05) is 37.7 Å². The molecule has 1 heterocycles. The van der Waals surface area contributed by atoms with Gasteiger partial charge in [-0.3, -0.25) is 9.59 Å². The fourth-order valence-electron chi connectivity index (χ4n) is 4.29. The number of aryl methyl sites for hydroxylation is 1. The Kier molecular flexibility index (Phi) is 7.00. The van der Waals surface area contributed by atoms with E-state index in [1.54, 1.807) is 0 Å². The second kappa shape index (κ2) is 10.3. The largest absolute Gasteiger partial charge is 0.339 e. The number of hydrogen-bond acceptors (Lipinski definition) is 2. The van der Waals surface area contributed by atoms with E-state index >= 15 is 0 Å². The van der Waals surface area contributed by atoms with Crippen LogP contribution in [0.1, 0.15) is 39.9 Å². The number of carbonyl (C=O) groups is 2. The van der Waals surface area contributed by atoms with Gasteiger partial charge in [0.15, 0.2) is 0 Å². The van der Waals surface area contributed by atoms with E-state index in [-0.39, 0.29) is 17.7 Å². The van der Waals surface area contributed by atoms with Crippen molar-refractivity contribution in [3.63, 3.8) is 0 Å². The lowest BCUT2D eigenvalue weighted by molar-refractivity contribution is -0.138. The van der Waals surface area contributed by atoms with E-state index in [0.29, 0.717) is 39.0 Å². The smallest absolute Gasteiger partial charge is 0.253 e. The van der Waals surface area contributed by atoms with Gasteiger partial charge in [0.25, 0.3) is 5.91 Å². The van der Waals surface area contributed by atoms with E-state index in [9.17, 15) is 9.59 Å². The monoisotopic (exact) mass is 426 g/mol. The predicted molar refractivity (Wildman–Crippen MR) is 127 cm³/mol. The van der Waals surface area contributed by atoms with Gasteiger partial charge in [-0.05, 0) is 43.0 Å². The third-order valence-electron chi connectivity index (χ3n) is 6.17. The number of piperidine rings is 1. The number of rotatable bonds is 6. The van der Waals surface area contributed by atoms with Gasteiger partial charge in [-0.1, -0.05) is 78.4 Å². The summed E-state index contributed by atoms with van der Waals surface area (Å²) in [5.74, 6) is 0.186. The molecule has 3 aromatic rings. The van der Waals surface area contributed by atoms with Crippen molar-refractivity contribution >= 4 is 11.8 Å². The van der Waals surface area contributed by atoms with Crippen molar-refractivity contribution in [2.75, 3.05) is 13.1 Å². The Hall–Kier alpha value is -3.40. The molecule has 0 N–H and O–H groups in total. The minimum absolute atomic E-state index is 0.0514. The van der Waals surface area contributed by atoms with E-state index in [1.165, 1.54) is 0 Å². The Morgan fingerprint density at radius 3 is 1.78 bits per heavy atom. The van der Waals surface area contributed by atoms with E-state index in [0.717, 1.165) is 22.3 Å². The lowest BCUT2D eigenvalue weighted by Crippen LogP contribution is -2.44. The minimum Gasteiger partial charge on any atom is -0.339 e. The maximum absolute atomic E-state index is 13.5. The van der Waals surface area contributed by atoms with Crippen molar-refractivity contribution in [3.8, 4) is 0 Å². The molecule has 0 saturated carbocycles. The molecular weight excluding hydrogens is 396 g/mol. The first kappa shape index (κ1) is 21.8. The molecule has 4 nitrogen and oxygen atoms in total. The zero-order chi connectivity index (χ0) is 22.3. The van der Waals surface area contributed by atoms with Crippen molar-refractivity contribution in [1.29, 1.82) is 0 Å². The van der Waals surface area contributed by atoms with Crippen LogP contribution in [0, 0.1) is 12.8 Å². The Balaban J connectivity index is 1.42. The van der Waals surface area contributed by atoms with Crippen molar-refractivity contribution in [3.05, 3.63) is 107 Å². The lowest BCUT2D eigenvalue weighted by atomic mass is 9.94. The third-order valence-corrected chi connectivity index (χ3v) is 6.17. The van der Waals surface area contributed by atoms with E-state index in [2.05, 4.69) is 24.3 Å². The van der Waals surface area contributed by atoms with Crippen LogP contribution >= 0.6 is 0 Å². The summed E-state index contributed by atoms with van der Waals surface area (Å²) in [6.45, 7) is 4.44. The number of amides is 2. The molecule has 0 atom stereocenters. The average Bonchev–Trinajstić information content (AvgIpc) is 2.85. The SMILES string of the molecule is Cc1ccc(C(=O)N2CCC(C(=O)N(Cc3ccccc3)Cc3ccccc3)CC2)cc1.